The first-order chi connectivity index (χ1) is 21.4. The third kappa shape index (κ3) is 4.16. The third-order valence-corrected chi connectivity index (χ3v) is 8.94. The summed E-state index contributed by atoms with van der Waals surface area (Å²) in [5.41, 5.74) is 5.39. The van der Waals surface area contributed by atoms with E-state index in [0.29, 0.717) is 40.2 Å². The molecular weight excluding hydrogens is 572 g/mol. The standard InChI is InChI=1S/C35H32N4O6/c1-8-19-15(3)22-12-24-17(5)21(10-11-28(40)41)31(38-24)30-32-29(33(42)35(30,44)34(43)45-7)18(6)25(39-32)14-27-20(9-2)16(4)23(37-27)13-26(19)36-22/h8,10-14,36,42,44H,1,9H2,2-7H3,(H,40,41)/b11-10-,22-12?,26-13?,27-14?,31-30?/t35-/m0/s1. The molecule has 0 unspecified atom stereocenters. The summed E-state index contributed by atoms with van der Waals surface area (Å²) in [7, 11) is 1.10. The molecule has 1 aromatic heterocycles. The highest BCUT2D eigenvalue weighted by atomic mass is 16.5. The quantitative estimate of drug-likeness (QED) is 0.296. The van der Waals surface area contributed by atoms with Crippen LogP contribution in [0.1, 0.15) is 45.2 Å². The zero-order chi connectivity index (χ0) is 32.5. The Kier molecular flexibility index (Phi) is 6.85. The number of aliphatic hydroxyl groups is 2. The number of fused-ring (bicyclic) bond motifs is 5. The SMILES string of the molecule is C=Cc1c(C)c2[nH]c1=CC1=NC(=CC3=C(C)C4=C(O)[C@](O)(C(=O)OC)C(=C5N=C(C=2)C(C)=C5/C=C\C(=O)O)C4=N3)C(CC)=C1C. The number of aromatic nitrogens is 1. The molecule has 0 spiro atoms. The number of hydrogen-bond acceptors (Lipinski definition) is 8. The van der Waals surface area contributed by atoms with Crippen molar-refractivity contribution < 1.29 is 29.6 Å². The maximum Gasteiger partial charge on any atom is 0.350 e. The minimum absolute atomic E-state index is 0.0874. The summed E-state index contributed by atoms with van der Waals surface area (Å²) in [6.07, 6.45) is 10.4. The van der Waals surface area contributed by atoms with E-state index in [2.05, 4.69) is 18.5 Å². The lowest BCUT2D eigenvalue weighted by molar-refractivity contribution is -0.156. The average Bonchev–Trinajstić information content (AvgIpc) is 3.72. The van der Waals surface area contributed by atoms with Crippen molar-refractivity contribution in [2.75, 3.05) is 7.11 Å². The number of methoxy groups -OCH3 is 1. The second-order valence-electron chi connectivity index (χ2n) is 11.3. The molecule has 0 saturated heterocycles. The highest BCUT2D eigenvalue weighted by Crippen LogP contribution is 2.49. The van der Waals surface area contributed by atoms with Gasteiger partial charge in [-0.1, -0.05) is 19.6 Å². The Balaban J connectivity index is 1.80. The number of aliphatic imine (C=N–C) groups is 3. The van der Waals surface area contributed by atoms with Crippen molar-refractivity contribution in [1.82, 2.24) is 4.98 Å². The first-order valence-corrected chi connectivity index (χ1v) is 14.4. The van der Waals surface area contributed by atoms with Crippen LogP contribution in [0.3, 0.4) is 0 Å². The fourth-order valence-electron chi connectivity index (χ4n) is 6.46. The molecule has 0 radical (unpaired) electrons. The maximum atomic E-state index is 13.3. The van der Waals surface area contributed by atoms with Crippen molar-refractivity contribution in [2.45, 2.75) is 46.6 Å². The fourth-order valence-corrected chi connectivity index (χ4v) is 6.46. The maximum absolute atomic E-state index is 13.3. The van der Waals surface area contributed by atoms with Gasteiger partial charge in [-0.05, 0) is 86.3 Å². The van der Waals surface area contributed by atoms with Crippen LogP contribution in [-0.2, 0) is 14.3 Å². The normalized spacial score (nSPS) is 22.2. The molecule has 1 atom stereocenters. The van der Waals surface area contributed by atoms with E-state index in [1.54, 1.807) is 19.9 Å². The number of rotatable bonds is 5. The topological polar surface area (TPSA) is 157 Å². The predicted octanol–water partition coefficient (Wildman–Crippen LogP) is 3.73. The lowest BCUT2D eigenvalue weighted by Gasteiger charge is -2.23. The number of carbonyl (C=O) groups is 2. The van der Waals surface area contributed by atoms with Crippen LogP contribution in [0.5, 0.6) is 0 Å². The Bertz CT molecular complexity index is 2130. The van der Waals surface area contributed by atoms with Crippen LogP contribution >= 0.6 is 0 Å². The summed E-state index contributed by atoms with van der Waals surface area (Å²) in [5.74, 6) is -2.96. The van der Waals surface area contributed by atoms with Crippen LogP contribution in [0.15, 0.2) is 102 Å². The summed E-state index contributed by atoms with van der Waals surface area (Å²) >= 11 is 0. The van der Waals surface area contributed by atoms with Crippen LogP contribution in [0.2, 0.25) is 0 Å². The summed E-state index contributed by atoms with van der Waals surface area (Å²) < 4.78 is 4.98. The molecule has 0 aromatic carbocycles. The molecule has 228 valence electrons. The van der Waals surface area contributed by atoms with Crippen LogP contribution in [-0.4, -0.2) is 62.1 Å². The second kappa shape index (κ2) is 10.4. The number of nitrogens with zero attached hydrogens (tertiary/aromatic N) is 3. The first kappa shape index (κ1) is 29.7. The van der Waals surface area contributed by atoms with Gasteiger partial charge in [-0.15, -0.1) is 0 Å². The lowest BCUT2D eigenvalue weighted by Crippen LogP contribution is -2.43. The number of carboxylic acid groups (broad SMARTS) is 1. The zero-order valence-electron chi connectivity index (χ0n) is 25.8. The molecule has 1 aliphatic carbocycles. The number of aliphatic carboxylic acids is 1. The highest BCUT2D eigenvalue weighted by Gasteiger charge is 2.58. The van der Waals surface area contributed by atoms with Crippen LogP contribution in [0, 0.1) is 6.92 Å². The van der Waals surface area contributed by atoms with Crippen molar-refractivity contribution in [3.05, 3.63) is 108 Å². The van der Waals surface area contributed by atoms with Gasteiger partial charge >= 0.3 is 11.9 Å². The largest absolute Gasteiger partial charge is 0.507 e. The van der Waals surface area contributed by atoms with Crippen LogP contribution in [0.4, 0.5) is 0 Å². The summed E-state index contributed by atoms with van der Waals surface area (Å²) in [6.45, 7) is 13.6. The number of aliphatic hydroxyl groups excluding tert-OH is 1. The van der Waals surface area contributed by atoms with Gasteiger partial charge in [-0.25, -0.2) is 24.6 Å². The van der Waals surface area contributed by atoms with E-state index in [0.717, 1.165) is 51.9 Å². The van der Waals surface area contributed by atoms with Crippen molar-refractivity contribution in [2.24, 2.45) is 15.0 Å². The van der Waals surface area contributed by atoms with Gasteiger partial charge in [0.05, 0.1) is 46.9 Å². The molecule has 0 amide bonds. The molecule has 8 bridgehead atoms. The summed E-state index contributed by atoms with van der Waals surface area (Å²) in [4.78, 5) is 43.0. The van der Waals surface area contributed by atoms with Gasteiger partial charge in [0.15, 0.2) is 5.76 Å². The molecule has 6 rings (SSSR count). The molecule has 0 saturated carbocycles. The average molecular weight is 605 g/mol. The number of allylic oxidation sites excluding steroid dienone is 7. The number of carbonyl (C=O) groups excluding carboxylic acids is 1. The van der Waals surface area contributed by atoms with Gasteiger partial charge in [0, 0.05) is 33.5 Å². The number of hydrogen-bond donors (Lipinski definition) is 4. The molecule has 0 fully saturated rings. The van der Waals surface area contributed by atoms with Crippen molar-refractivity contribution in [3.63, 3.8) is 0 Å². The van der Waals surface area contributed by atoms with E-state index in [9.17, 15) is 24.9 Å². The van der Waals surface area contributed by atoms with Crippen LogP contribution < -0.4 is 10.7 Å². The molecule has 10 nitrogen and oxygen atoms in total. The van der Waals surface area contributed by atoms with E-state index >= 15 is 0 Å². The number of nitrogens with one attached hydrogen (secondary N) is 1. The molecular formula is C35H32N4O6. The third-order valence-electron chi connectivity index (χ3n) is 8.94. The minimum atomic E-state index is -2.64. The zero-order valence-corrected chi connectivity index (χ0v) is 25.8. The minimum Gasteiger partial charge on any atom is -0.507 e. The molecule has 1 aromatic rings. The van der Waals surface area contributed by atoms with E-state index < -0.39 is 23.3 Å². The van der Waals surface area contributed by atoms with E-state index in [-0.39, 0.29) is 22.6 Å². The Labute approximate surface area is 259 Å². The van der Waals surface area contributed by atoms with Crippen molar-refractivity contribution in [1.29, 1.82) is 0 Å². The summed E-state index contributed by atoms with van der Waals surface area (Å²) in [6, 6.07) is 0. The molecule has 4 aliphatic heterocycles. The number of aromatic amines is 1. The number of H-pyrrole nitrogens is 1. The smallest absolute Gasteiger partial charge is 0.350 e. The fraction of sp³-hybridized carbons (Fsp3) is 0.229. The van der Waals surface area contributed by atoms with Gasteiger partial charge in [-0.2, -0.15) is 0 Å². The Morgan fingerprint density at radius 1 is 1.02 bits per heavy atom. The number of ether oxygens (including phenoxy) is 1. The number of esters is 1. The predicted molar refractivity (Wildman–Crippen MR) is 173 cm³/mol. The van der Waals surface area contributed by atoms with Gasteiger partial charge in [-0.3, -0.25) is 0 Å². The molecule has 45 heavy (non-hydrogen) atoms. The Hall–Kier alpha value is -5.35. The Morgan fingerprint density at radius 2 is 1.71 bits per heavy atom. The Morgan fingerprint density at radius 3 is 2.36 bits per heavy atom. The molecule has 5 aliphatic rings. The van der Waals surface area contributed by atoms with Gasteiger partial charge in [0.1, 0.15) is 0 Å². The van der Waals surface area contributed by atoms with Gasteiger partial charge < -0.3 is 25.0 Å². The number of carboxylic acids is 1. The van der Waals surface area contributed by atoms with E-state index in [4.69, 9.17) is 19.7 Å². The van der Waals surface area contributed by atoms with Gasteiger partial charge in [0.25, 0.3) is 0 Å². The molecule has 4 N–H and O–H groups in total. The summed E-state index contributed by atoms with van der Waals surface area (Å²) in [5, 5.41) is 34.6. The molecule has 10 heteroatoms. The van der Waals surface area contributed by atoms with Crippen molar-refractivity contribution >= 4 is 47.3 Å². The van der Waals surface area contributed by atoms with Crippen molar-refractivity contribution in [3.8, 4) is 0 Å². The van der Waals surface area contributed by atoms with E-state index in [1.165, 1.54) is 6.08 Å². The second-order valence-corrected chi connectivity index (χ2v) is 11.3. The van der Waals surface area contributed by atoms with E-state index in [1.807, 2.05) is 32.1 Å². The van der Waals surface area contributed by atoms with Gasteiger partial charge in [0.2, 0.25) is 5.60 Å². The molecule has 5 heterocycles. The van der Waals surface area contributed by atoms with Crippen LogP contribution in [0.25, 0.3) is 18.2 Å². The first-order valence-electron chi connectivity index (χ1n) is 14.4. The monoisotopic (exact) mass is 604 g/mol. The lowest BCUT2D eigenvalue weighted by atomic mass is 9.90. The highest BCUT2D eigenvalue weighted by molar-refractivity contribution is 6.29.